The second kappa shape index (κ2) is 10.8. The van der Waals surface area contributed by atoms with E-state index in [0.29, 0.717) is 24.4 Å². The van der Waals surface area contributed by atoms with Gasteiger partial charge in [-0.3, -0.25) is 14.4 Å². The van der Waals surface area contributed by atoms with Crippen LogP contribution in [-0.2, 0) is 26.3 Å². The minimum atomic E-state index is -0.846. The van der Waals surface area contributed by atoms with Crippen LogP contribution in [0.2, 0.25) is 5.02 Å². The number of rotatable bonds is 7. The number of hydrogen-bond acceptors (Lipinski definition) is 3. The summed E-state index contributed by atoms with van der Waals surface area (Å²) in [6.07, 6.45) is 9.03. The molecule has 3 heterocycles. The summed E-state index contributed by atoms with van der Waals surface area (Å²) in [5, 5.41) is 5.04. The molecule has 0 radical (unpaired) electrons. The number of nitrogens with one attached hydrogen (secondary N) is 2. The van der Waals surface area contributed by atoms with Gasteiger partial charge >= 0.3 is 0 Å². The molecule has 7 nitrogen and oxygen atoms in total. The number of amides is 3. The maximum atomic E-state index is 14.6. The summed E-state index contributed by atoms with van der Waals surface area (Å²) in [5.41, 5.74) is 2.44. The molecule has 1 saturated heterocycles. The van der Waals surface area contributed by atoms with Gasteiger partial charge in [-0.1, -0.05) is 11.6 Å². The molecular weight excluding hydrogens is 572 g/mol. The van der Waals surface area contributed by atoms with E-state index in [1.165, 1.54) is 38.5 Å². The molecule has 0 spiro atoms. The highest BCUT2D eigenvalue weighted by atomic mass is 35.5. The zero-order valence-corrected chi connectivity index (χ0v) is 27.8. The first-order valence-corrected chi connectivity index (χ1v) is 17.5. The van der Waals surface area contributed by atoms with Crippen molar-refractivity contribution in [1.29, 1.82) is 0 Å². The van der Waals surface area contributed by atoms with Crippen LogP contribution in [-0.4, -0.2) is 57.7 Å². The second-order valence-corrected chi connectivity index (χ2v) is 16.3. The molecular formula is C36H49ClN4O3. The molecule has 4 bridgehead atoms. The summed E-state index contributed by atoms with van der Waals surface area (Å²) in [6, 6.07) is 5.87. The molecule has 3 atom stereocenters. The van der Waals surface area contributed by atoms with Gasteiger partial charge < -0.3 is 20.1 Å². The summed E-state index contributed by atoms with van der Waals surface area (Å²) in [6.45, 7) is 11.5. The van der Waals surface area contributed by atoms with Crippen molar-refractivity contribution in [1.82, 2.24) is 20.1 Å². The highest BCUT2D eigenvalue weighted by Crippen LogP contribution is 2.59. The molecule has 6 aliphatic rings. The predicted molar refractivity (Wildman–Crippen MR) is 173 cm³/mol. The Balaban J connectivity index is 1.17. The molecule has 8 heteroatoms. The van der Waals surface area contributed by atoms with Gasteiger partial charge in [-0.25, -0.2) is 0 Å². The van der Waals surface area contributed by atoms with Gasteiger partial charge in [-0.15, -0.1) is 0 Å². The average Bonchev–Trinajstić information content (AvgIpc) is 3.31. The third kappa shape index (κ3) is 4.78. The monoisotopic (exact) mass is 620 g/mol. The lowest BCUT2D eigenvalue weighted by molar-refractivity contribution is -0.166. The molecule has 238 valence electrons. The van der Waals surface area contributed by atoms with Gasteiger partial charge in [0, 0.05) is 59.1 Å². The van der Waals surface area contributed by atoms with Gasteiger partial charge in [-0.05, 0) is 133 Å². The molecule has 3 amide bonds. The molecule has 4 saturated carbocycles. The van der Waals surface area contributed by atoms with Gasteiger partial charge in [-0.2, -0.15) is 0 Å². The number of benzene rings is 1. The number of fused-ring (bicyclic) bond motifs is 5. The van der Waals surface area contributed by atoms with E-state index in [0.717, 1.165) is 46.5 Å². The molecule has 1 aromatic heterocycles. The third-order valence-corrected chi connectivity index (χ3v) is 12.5. The summed E-state index contributed by atoms with van der Waals surface area (Å²) in [4.78, 5) is 50.0. The standard InChI is InChI=1S/C36H49ClN4O3/c1-20(2)41(21(3)4)34(44)29-13-25(14-31(42)38-19-36-16-22-10-23(17-36)12-24(11-22)18-36)33(43)40-9-8-27-28-15-26(37)6-7-30(28)39-32(27)35(29,40)5/h6-7,15,20-25,29,39H,8-14,16-19H2,1-5H3,(H,38,42)/t22?,23?,24?,25-,29-,35+,36?/m1/s1. The maximum absolute atomic E-state index is 14.6. The van der Waals surface area contributed by atoms with E-state index >= 15 is 0 Å². The highest BCUT2D eigenvalue weighted by molar-refractivity contribution is 6.31. The van der Waals surface area contributed by atoms with Crippen molar-refractivity contribution in [2.45, 2.75) is 110 Å². The average molecular weight is 621 g/mol. The van der Waals surface area contributed by atoms with Crippen molar-refractivity contribution in [2.24, 2.45) is 35.0 Å². The fourth-order valence-electron chi connectivity index (χ4n) is 10.9. The van der Waals surface area contributed by atoms with Crippen LogP contribution in [0, 0.1) is 35.0 Å². The van der Waals surface area contributed by atoms with Crippen LogP contribution in [0.25, 0.3) is 10.9 Å². The SMILES string of the molecule is CC(C)N(C(=O)[C@H]1C[C@H](CC(=O)NCC23CC4CC(CC(C4)C2)C3)C(=O)N2CCc3c([nH]c4ccc(Cl)cc34)[C@]12C)C(C)C. The first-order valence-electron chi connectivity index (χ1n) is 17.1. The third-order valence-electron chi connectivity index (χ3n) is 12.3. The van der Waals surface area contributed by atoms with E-state index in [2.05, 4.69) is 44.9 Å². The molecule has 44 heavy (non-hydrogen) atoms. The highest BCUT2D eigenvalue weighted by Gasteiger charge is 2.58. The summed E-state index contributed by atoms with van der Waals surface area (Å²) < 4.78 is 0. The van der Waals surface area contributed by atoms with Crippen LogP contribution in [0.3, 0.4) is 0 Å². The second-order valence-electron chi connectivity index (χ2n) is 15.9. The largest absolute Gasteiger partial charge is 0.356 e. The van der Waals surface area contributed by atoms with E-state index in [9.17, 15) is 14.4 Å². The number of aromatic amines is 1. The lowest BCUT2D eigenvalue weighted by Crippen LogP contribution is -2.65. The first-order chi connectivity index (χ1) is 20.9. The van der Waals surface area contributed by atoms with Crippen molar-refractivity contribution in [3.05, 3.63) is 34.5 Å². The first kappa shape index (κ1) is 30.1. The van der Waals surface area contributed by atoms with E-state index in [1.807, 2.05) is 28.0 Å². The van der Waals surface area contributed by atoms with Crippen LogP contribution < -0.4 is 5.32 Å². The zero-order valence-electron chi connectivity index (χ0n) is 27.0. The Labute approximate surface area is 266 Å². The van der Waals surface area contributed by atoms with Crippen molar-refractivity contribution in [2.75, 3.05) is 13.1 Å². The minimum absolute atomic E-state index is 0.00973. The van der Waals surface area contributed by atoms with E-state index in [1.54, 1.807) is 0 Å². The molecule has 2 N–H and O–H groups in total. The van der Waals surface area contributed by atoms with E-state index in [4.69, 9.17) is 11.6 Å². The van der Waals surface area contributed by atoms with Gasteiger partial charge in [0.1, 0.15) is 0 Å². The van der Waals surface area contributed by atoms with Gasteiger partial charge in [0.15, 0.2) is 0 Å². The van der Waals surface area contributed by atoms with Crippen LogP contribution in [0.5, 0.6) is 0 Å². The molecule has 8 rings (SSSR count). The Morgan fingerprint density at radius 2 is 1.68 bits per heavy atom. The fourth-order valence-corrected chi connectivity index (χ4v) is 11.1. The quantitative estimate of drug-likeness (QED) is 0.374. The van der Waals surface area contributed by atoms with E-state index in [-0.39, 0.29) is 41.6 Å². The van der Waals surface area contributed by atoms with Crippen LogP contribution >= 0.6 is 11.6 Å². The number of aromatic nitrogens is 1. The molecule has 5 fully saturated rings. The Morgan fingerprint density at radius 1 is 1.05 bits per heavy atom. The van der Waals surface area contributed by atoms with Gasteiger partial charge in [0.25, 0.3) is 0 Å². The number of H-pyrrole nitrogens is 1. The topological polar surface area (TPSA) is 85.5 Å². The Kier molecular flexibility index (Phi) is 7.38. The maximum Gasteiger partial charge on any atom is 0.228 e. The summed E-state index contributed by atoms with van der Waals surface area (Å²) in [5.74, 6) is 1.49. The van der Waals surface area contributed by atoms with Crippen molar-refractivity contribution >= 4 is 40.2 Å². The van der Waals surface area contributed by atoms with Gasteiger partial charge in [0.05, 0.1) is 11.5 Å². The fraction of sp³-hybridized carbons (Fsp3) is 0.694. The van der Waals surface area contributed by atoms with Crippen LogP contribution in [0.15, 0.2) is 18.2 Å². The lowest BCUT2D eigenvalue weighted by atomic mass is 9.49. The summed E-state index contributed by atoms with van der Waals surface area (Å²) in [7, 11) is 0. The smallest absolute Gasteiger partial charge is 0.228 e. The molecule has 2 aliphatic heterocycles. The number of nitrogens with zero attached hydrogens (tertiary/aromatic N) is 2. The number of carbonyl (C=O) groups excluding carboxylic acids is 3. The lowest BCUT2D eigenvalue weighted by Gasteiger charge is -2.57. The Bertz CT molecular complexity index is 1450. The van der Waals surface area contributed by atoms with Crippen molar-refractivity contribution in [3.8, 4) is 0 Å². The predicted octanol–water partition coefficient (Wildman–Crippen LogP) is 6.43. The molecule has 1 aromatic carbocycles. The number of hydrogen-bond donors (Lipinski definition) is 2. The minimum Gasteiger partial charge on any atom is -0.356 e. The normalized spacial score (nSPS) is 34.0. The molecule has 4 aliphatic carbocycles. The Morgan fingerprint density at radius 3 is 2.30 bits per heavy atom. The Hall–Kier alpha value is -2.54. The van der Waals surface area contributed by atoms with Crippen LogP contribution in [0.4, 0.5) is 0 Å². The van der Waals surface area contributed by atoms with Gasteiger partial charge in [0.2, 0.25) is 17.7 Å². The number of halogens is 1. The van der Waals surface area contributed by atoms with Crippen molar-refractivity contribution < 1.29 is 14.4 Å². The van der Waals surface area contributed by atoms with Crippen molar-refractivity contribution in [3.63, 3.8) is 0 Å². The van der Waals surface area contributed by atoms with Crippen LogP contribution in [0.1, 0.15) is 97.2 Å². The zero-order chi connectivity index (χ0) is 31.1. The van der Waals surface area contributed by atoms with E-state index < -0.39 is 17.4 Å². The summed E-state index contributed by atoms with van der Waals surface area (Å²) >= 11 is 6.41. The molecule has 0 unspecified atom stereocenters. The number of carbonyl (C=O) groups is 3. The number of piperidine rings is 1. The molecule has 2 aromatic rings.